The Morgan fingerprint density at radius 2 is 1.95 bits per heavy atom. The summed E-state index contributed by atoms with van der Waals surface area (Å²) < 4.78 is 29.0. The van der Waals surface area contributed by atoms with E-state index in [1.807, 2.05) is 6.92 Å². The summed E-state index contributed by atoms with van der Waals surface area (Å²) in [5.41, 5.74) is 2.01. The molecule has 21 heavy (non-hydrogen) atoms. The molecule has 0 saturated carbocycles. The average Bonchev–Trinajstić information content (AvgIpc) is 2.70. The molecule has 0 amide bonds. The Hall–Kier alpha value is -1.67. The number of H-pyrrole nitrogens is 1. The quantitative estimate of drug-likeness (QED) is 0.439. The van der Waals surface area contributed by atoms with E-state index < -0.39 is 16.0 Å². The molecular formula is C13H20N2O5S. The zero-order chi connectivity index (χ0) is 16.2. The second-order valence-electron chi connectivity index (χ2n) is 4.69. The van der Waals surface area contributed by atoms with Crippen LogP contribution in [-0.2, 0) is 21.2 Å². The molecule has 0 spiro atoms. The Morgan fingerprint density at radius 3 is 2.43 bits per heavy atom. The van der Waals surface area contributed by atoms with Gasteiger partial charge in [0, 0.05) is 17.8 Å². The normalized spacial score (nSPS) is 11.4. The minimum atomic E-state index is -3.31. The highest BCUT2D eigenvalue weighted by Gasteiger charge is 2.22. The van der Waals surface area contributed by atoms with E-state index in [1.165, 1.54) is 6.92 Å². The van der Waals surface area contributed by atoms with Crippen molar-refractivity contribution < 1.29 is 22.7 Å². The number of rotatable bonds is 7. The first-order chi connectivity index (χ1) is 9.67. The molecule has 0 aromatic carbocycles. The number of Topliss-reactive ketones (excluding diaryl/α,β-unsaturated/α-hetero) is 1. The van der Waals surface area contributed by atoms with Gasteiger partial charge in [0.15, 0.2) is 5.78 Å². The lowest BCUT2D eigenvalue weighted by Crippen LogP contribution is -2.27. The molecule has 0 aliphatic heterocycles. The molecule has 1 rings (SSSR count). The van der Waals surface area contributed by atoms with Crippen molar-refractivity contribution in [3.05, 3.63) is 22.5 Å². The van der Waals surface area contributed by atoms with Crippen LogP contribution in [0, 0.1) is 6.92 Å². The van der Waals surface area contributed by atoms with Gasteiger partial charge in [-0.25, -0.2) is 17.9 Å². The van der Waals surface area contributed by atoms with E-state index in [4.69, 9.17) is 4.74 Å². The van der Waals surface area contributed by atoms with Crippen LogP contribution in [-0.4, -0.2) is 44.6 Å². The molecule has 1 aromatic heterocycles. The van der Waals surface area contributed by atoms with Gasteiger partial charge in [0.1, 0.15) is 12.3 Å². The lowest BCUT2D eigenvalue weighted by Gasteiger charge is -2.06. The molecule has 0 saturated heterocycles. The van der Waals surface area contributed by atoms with Crippen LogP contribution in [0.15, 0.2) is 0 Å². The van der Waals surface area contributed by atoms with Crippen molar-refractivity contribution in [2.45, 2.75) is 27.2 Å². The van der Waals surface area contributed by atoms with Gasteiger partial charge >= 0.3 is 5.97 Å². The van der Waals surface area contributed by atoms with Gasteiger partial charge in [0.2, 0.25) is 10.0 Å². The first kappa shape index (κ1) is 17.4. The van der Waals surface area contributed by atoms with Gasteiger partial charge < -0.3 is 9.72 Å². The fourth-order valence-electron chi connectivity index (χ4n) is 2.12. The lowest BCUT2D eigenvalue weighted by atomic mass is 10.0. The standard InChI is InChI=1S/C13H20N2O5S/c1-5-10-11(9(3)16)8(2)15-12(10)13(17)20-7-6-14-21(4,18)19/h14-15H,5-7H2,1-4H3. The number of carbonyl (C=O) groups is 2. The van der Waals surface area contributed by atoms with Crippen LogP contribution in [0.25, 0.3) is 0 Å². The van der Waals surface area contributed by atoms with E-state index in [2.05, 4.69) is 9.71 Å². The van der Waals surface area contributed by atoms with E-state index in [0.717, 1.165) is 6.26 Å². The number of nitrogens with one attached hydrogen (secondary N) is 2. The fourth-order valence-corrected chi connectivity index (χ4v) is 2.58. The zero-order valence-corrected chi connectivity index (χ0v) is 13.4. The Morgan fingerprint density at radius 1 is 1.33 bits per heavy atom. The largest absolute Gasteiger partial charge is 0.460 e. The van der Waals surface area contributed by atoms with E-state index >= 15 is 0 Å². The minimum absolute atomic E-state index is 0.00525. The van der Waals surface area contributed by atoms with Crippen LogP contribution < -0.4 is 4.72 Å². The summed E-state index contributed by atoms with van der Waals surface area (Å²) >= 11 is 0. The summed E-state index contributed by atoms with van der Waals surface area (Å²) in [5.74, 6) is -0.712. The summed E-state index contributed by atoms with van der Waals surface area (Å²) in [6.07, 6.45) is 1.54. The second-order valence-corrected chi connectivity index (χ2v) is 6.52. The number of carbonyl (C=O) groups excluding carboxylic acids is 2. The van der Waals surface area contributed by atoms with E-state index in [1.54, 1.807) is 6.92 Å². The summed E-state index contributed by atoms with van der Waals surface area (Å²) in [7, 11) is -3.31. The number of hydrogen-bond acceptors (Lipinski definition) is 5. The van der Waals surface area contributed by atoms with Crippen LogP contribution in [0.3, 0.4) is 0 Å². The van der Waals surface area contributed by atoms with E-state index in [0.29, 0.717) is 23.2 Å². The SMILES string of the molecule is CCc1c(C(=O)OCCNS(C)(=O)=O)[nH]c(C)c1C(C)=O. The topological polar surface area (TPSA) is 105 Å². The van der Waals surface area contributed by atoms with Crippen molar-refractivity contribution in [1.82, 2.24) is 9.71 Å². The zero-order valence-electron chi connectivity index (χ0n) is 12.6. The van der Waals surface area contributed by atoms with Gasteiger partial charge in [-0.1, -0.05) is 6.92 Å². The number of sulfonamides is 1. The van der Waals surface area contributed by atoms with Crippen molar-refractivity contribution in [2.24, 2.45) is 0 Å². The summed E-state index contributed by atoms with van der Waals surface area (Å²) in [6, 6.07) is 0. The number of ether oxygens (including phenoxy) is 1. The van der Waals surface area contributed by atoms with Crippen LogP contribution in [0.1, 0.15) is 46.0 Å². The molecule has 0 fully saturated rings. The van der Waals surface area contributed by atoms with Crippen molar-refractivity contribution in [3.8, 4) is 0 Å². The molecule has 2 N–H and O–H groups in total. The first-order valence-electron chi connectivity index (χ1n) is 6.51. The highest BCUT2D eigenvalue weighted by molar-refractivity contribution is 7.88. The molecule has 0 atom stereocenters. The van der Waals surface area contributed by atoms with Gasteiger partial charge in [0.25, 0.3) is 0 Å². The number of ketones is 1. The van der Waals surface area contributed by atoms with Crippen LogP contribution in [0.5, 0.6) is 0 Å². The predicted molar refractivity (Wildman–Crippen MR) is 78.0 cm³/mol. The van der Waals surface area contributed by atoms with Gasteiger partial charge in [-0.3, -0.25) is 4.79 Å². The maximum absolute atomic E-state index is 12.0. The number of hydrogen-bond donors (Lipinski definition) is 2. The van der Waals surface area contributed by atoms with Crippen LogP contribution >= 0.6 is 0 Å². The summed E-state index contributed by atoms with van der Waals surface area (Å²) in [4.78, 5) is 26.5. The average molecular weight is 316 g/mol. The van der Waals surface area contributed by atoms with Gasteiger partial charge in [-0.15, -0.1) is 0 Å². The van der Waals surface area contributed by atoms with Crippen molar-refractivity contribution in [1.29, 1.82) is 0 Å². The van der Waals surface area contributed by atoms with E-state index in [-0.39, 0.29) is 24.6 Å². The number of esters is 1. The monoisotopic (exact) mass is 316 g/mol. The molecule has 1 aromatic rings. The Bertz CT molecular complexity index is 646. The Balaban J connectivity index is 2.79. The lowest BCUT2D eigenvalue weighted by molar-refractivity contribution is 0.0505. The maximum Gasteiger partial charge on any atom is 0.355 e. The maximum atomic E-state index is 12.0. The van der Waals surface area contributed by atoms with Crippen molar-refractivity contribution in [3.63, 3.8) is 0 Å². The second kappa shape index (κ2) is 6.86. The molecule has 0 aliphatic carbocycles. The summed E-state index contributed by atoms with van der Waals surface area (Å²) in [5, 5.41) is 0. The molecule has 1 heterocycles. The smallest absolute Gasteiger partial charge is 0.355 e. The van der Waals surface area contributed by atoms with Crippen LogP contribution in [0.4, 0.5) is 0 Å². The Kier molecular flexibility index (Phi) is 5.68. The first-order valence-corrected chi connectivity index (χ1v) is 8.40. The predicted octanol–water partition coefficient (Wildman–Crippen LogP) is 0.794. The highest BCUT2D eigenvalue weighted by Crippen LogP contribution is 2.20. The molecule has 8 heteroatoms. The molecular weight excluding hydrogens is 296 g/mol. The van der Waals surface area contributed by atoms with Gasteiger partial charge in [-0.05, 0) is 25.8 Å². The fraction of sp³-hybridized carbons (Fsp3) is 0.538. The number of aryl methyl sites for hydroxylation is 1. The molecule has 0 radical (unpaired) electrons. The highest BCUT2D eigenvalue weighted by atomic mass is 32.2. The van der Waals surface area contributed by atoms with Gasteiger partial charge in [0.05, 0.1) is 6.26 Å². The third kappa shape index (κ3) is 4.68. The molecule has 118 valence electrons. The molecule has 0 aliphatic rings. The van der Waals surface area contributed by atoms with Gasteiger partial charge in [-0.2, -0.15) is 0 Å². The summed E-state index contributed by atoms with van der Waals surface area (Å²) in [6.45, 7) is 4.93. The van der Waals surface area contributed by atoms with Crippen molar-refractivity contribution >= 4 is 21.8 Å². The van der Waals surface area contributed by atoms with Crippen molar-refractivity contribution in [2.75, 3.05) is 19.4 Å². The minimum Gasteiger partial charge on any atom is -0.460 e. The van der Waals surface area contributed by atoms with E-state index in [9.17, 15) is 18.0 Å². The number of aromatic nitrogens is 1. The molecule has 0 bridgehead atoms. The third-order valence-corrected chi connectivity index (χ3v) is 3.63. The Labute approximate surface area is 124 Å². The molecule has 0 unspecified atom stereocenters. The third-order valence-electron chi connectivity index (χ3n) is 2.90. The molecule has 7 nitrogen and oxygen atoms in total. The number of aromatic amines is 1. The van der Waals surface area contributed by atoms with Crippen LogP contribution in [0.2, 0.25) is 0 Å².